The van der Waals surface area contributed by atoms with E-state index in [0.29, 0.717) is 5.41 Å². The molecule has 0 unspecified atom stereocenters. The Kier molecular flexibility index (Phi) is 13.6. The van der Waals surface area contributed by atoms with Gasteiger partial charge < -0.3 is 4.74 Å². The van der Waals surface area contributed by atoms with Crippen LogP contribution in [0.3, 0.4) is 0 Å². The first kappa shape index (κ1) is 24.2. The van der Waals surface area contributed by atoms with Gasteiger partial charge in [0.15, 0.2) is 0 Å². The van der Waals surface area contributed by atoms with E-state index >= 15 is 0 Å². The standard InChI is InChI=1S/C11H24O.C10H22/c1-10(2,3)8-7-9-12-11(4,5)6;1-9(2)7-5-6-8-10(3)4/h7-9H2,1-6H3;9-10H,5-8H2,1-4H3. The average Bonchev–Trinajstić information content (AvgIpc) is 2.28. The van der Waals surface area contributed by atoms with Crippen LogP contribution in [0.4, 0.5) is 0 Å². The molecule has 0 N–H and O–H groups in total. The molecule has 0 heterocycles. The van der Waals surface area contributed by atoms with Gasteiger partial charge in [-0.15, -0.1) is 0 Å². The monoisotopic (exact) mass is 314 g/mol. The van der Waals surface area contributed by atoms with Crippen LogP contribution in [0.15, 0.2) is 0 Å². The van der Waals surface area contributed by atoms with Crippen molar-refractivity contribution in [2.45, 2.75) is 113 Å². The molecule has 0 aliphatic rings. The second-order valence-corrected chi connectivity index (χ2v) is 9.70. The lowest BCUT2D eigenvalue weighted by molar-refractivity contribution is -0.00720. The van der Waals surface area contributed by atoms with E-state index in [1.165, 1.54) is 38.5 Å². The zero-order valence-electron chi connectivity index (χ0n) is 17.5. The smallest absolute Gasteiger partial charge is 0.0598 e. The maximum Gasteiger partial charge on any atom is 0.0598 e. The molecule has 0 aromatic rings. The van der Waals surface area contributed by atoms with Gasteiger partial charge in [0.2, 0.25) is 0 Å². The van der Waals surface area contributed by atoms with Crippen LogP contribution in [0, 0.1) is 17.3 Å². The molecule has 0 aromatic heterocycles. The van der Waals surface area contributed by atoms with Gasteiger partial charge in [-0.25, -0.2) is 0 Å². The molecule has 1 nitrogen and oxygen atoms in total. The van der Waals surface area contributed by atoms with E-state index in [2.05, 4.69) is 69.2 Å². The molecule has 0 aliphatic carbocycles. The van der Waals surface area contributed by atoms with E-state index in [4.69, 9.17) is 4.74 Å². The molecule has 0 saturated heterocycles. The van der Waals surface area contributed by atoms with Crippen molar-refractivity contribution >= 4 is 0 Å². The predicted octanol–water partition coefficient (Wildman–Crippen LogP) is 7.49. The van der Waals surface area contributed by atoms with Gasteiger partial charge in [-0.05, 0) is 50.9 Å². The number of hydrogen-bond donors (Lipinski definition) is 0. The predicted molar refractivity (Wildman–Crippen MR) is 103 cm³/mol. The van der Waals surface area contributed by atoms with Crippen LogP contribution in [0.1, 0.15) is 108 Å². The topological polar surface area (TPSA) is 9.23 Å². The molecule has 0 saturated carbocycles. The lowest BCUT2D eigenvalue weighted by Crippen LogP contribution is -2.20. The zero-order chi connectivity index (χ0) is 17.8. The van der Waals surface area contributed by atoms with Crippen LogP contribution >= 0.6 is 0 Å². The number of unbranched alkanes of at least 4 members (excludes halogenated alkanes) is 1. The fraction of sp³-hybridized carbons (Fsp3) is 1.00. The van der Waals surface area contributed by atoms with Crippen molar-refractivity contribution in [2.75, 3.05) is 6.61 Å². The van der Waals surface area contributed by atoms with E-state index in [9.17, 15) is 0 Å². The Morgan fingerprint density at radius 1 is 0.682 bits per heavy atom. The van der Waals surface area contributed by atoms with Crippen LogP contribution < -0.4 is 0 Å². The summed E-state index contributed by atoms with van der Waals surface area (Å²) in [6.45, 7) is 23.2. The molecular weight excluding hydrogens is 268 g/mol. The van der Waals surface area contributed by atoms with E-state index < -0.39 is 0 Å². The number of hydrogen-bond acceptors (Lipinski definition) is 1. The second kappa shape index (κ2) is 12.4. The van der Waals surface area contributed by atoms with Gasteiger partial charge >= 0.3 is 0 Å². The Bertz CT molecular complexity index is 201. The summed E-state index contributed by atoms with van der Waals surface area (Å²) in [4.78, 5) is 0. The third-order valence-electron chi connectivity index (χ3n) is 3.42. The molecule has 0 amide bonds. The highest BCUT2D eigenvalue weighted by molar-refractivity contribution is 4.63. The Morgan fingerprint density at radius 3 is 1.36 bits per heavy atom. The summed E-state index contributed by atoms with van der Waals surface area (Å²) in [5, 5.41) is 0. The van der Waals surface area contributed by atoms with Crippen molar-refractivity contribution in [2.24, 2.45) is 17.3 Å². The second-order valence-electron chi connectivity index (χ2n) is 9.70. The third kappa shape index (κ3) is 28.2. The van der Waals surface area contributed by atoms with E-state index in [1.54, 1.807) is 0 Å². The summed E-state index contributed by atoms with van der Waals surface area (Å²) in [7, 11) is 0. The molecule has 136 valence electrons. The summed E-state index contributed by atoms with van der Waals surface area (Å²) >= 11 is 0. The van der Waals surface area contributed by atoms with E-state index in [0.717, 1.165) is 18.4 Å². The highest BCUT2D eigenvalue weighted by Gasteiger charge is 2.12. The summed E-state index contributed by atoms with van der Waals surface area (Å²) in [5.41, 5.74) is 0.471. The molecular formula is C21H46O. The highest BCUT2D eigenvalue weighted by Crippen LogP contribution is 2.21. The zero-order valence-corrected chi connectivity index (χ0v) is 17.5. The van der Waals surface area contributed by atoms with Gasteiger partial charge in [-0.2, -0.15) is 0 Å². The lowest BCUT2D eigenvalue weighted by atomic mass is 9.91. The van der Waals surface area contributed by atoms with Gasteiger partial charge in [0, 0.05) is 6.61 Å². The Labute approximate surface area is 142 Å². The number of ether oxygens (including phenoxy) is 1. The fourth-order valence-electron chi connectivity index (χ4n) is 2.09. The summed E-state index contributed by atoms with van der Waals surface area (Å²) in [6, 6.07) is 0. The lowest BCUT2D eigenvalue weighted by Gasteiger charge is -2.22. The molecule has 0 fully saturated rings. The summed E-state index contributed by atoms with van der Waals surface area (Å²) < 4.78 is 5.62. The molecule has 0 aliphatic heterocycles. The largest absolute Gasteiger partial charge is 0.376 e. The molecule has 0 rings (SSSR count). The minimum atomic E-state index is 0.0257. The minimum Gasteiger partial charge on any atom is -0.376 e. The maximum atomic E-state index is 5.62. The molecule has 0 bridgehead atoms. The first-order valence-electron chi connectivity index (χ1n) is 9.47. The minimum absolute atomic E-state index is 0.0257. The first-order valence-corrected chi connectivity index (χ1v) is 9.47. The van der Waals surface area contributed by atoms with E-state index in [1.807, 2.05) is 0 Å². The molecule has 0 radical (unpaired) electrons. The number of rotatable bonds is 8. The van der Waals surface area contributed by atoms with Crippen molar-refractivity contribution < 1.29 is 4.74 Å². The van der Waals surface area contributed by atoms with Crippen LogP contribution in [-0.2, 0) is 4.74 Å². The van der Waals surface area contributed by atoms with Crippen molar-refractivity contribution in [1.82, 2.24) is 0 Å². The SMILES string of the molecule is CC(C)(C)CCCOC(C)(C)C.CC(C)CCCCC(C)C. The fourth-order valence-corrected chi connectivity index (χ4v) is 2.09. The van der Waals surface area contributed by atoms with Crippen molar-refractivity contribution in [1.29, 1.82) is 0 Å². The molecule has 0 aromatic carbocycles. The average molecular weight is 315 g/mol. The van der Waals surface area contributed by atoms with Gasteiger partial charge in [0.25, 0.3) is 0 Å². The Morgan fingerprint density at radius 2 is 1.09 bits per heavy atom. The molecule has 22 heavy (non-hydrogen) atoms. The maximum absolute atomic E-state index is 5.62. The Balaban J connectivity index is 0. The quantitative estimate of drug-likeness (QED) is 0.422. The van der Waals surface area contributed by atoms with Crippen molar-refractivity contribution in [3.05, 3.63) is 0 Å². The molecule has 1 heteroatoms. The van der Waals surface area contributed by atoms with Crippen LogP contribution in [0.25, 0.3) is 0 Å². The van der Waals surface area contributed by atoms with Crippen molar-refractivity contribution in [3.8, 4) is 0 Å². The Hall–Kier alpha value is -0.0400. The third-order valence-corrected chi connectivity index (χ3v) is 3.42. The van der Waals surface area contributed by atoms with Gasteiger partial charge in [-0.1, -0.05) is 74.1 Å². The molecule has 0 spiro atoms. The van der Waals surface area contributed by atoms with Crippen LogP contribution in [0.5, 0.6) is 0 Å². The van der Waals surface area contributed by atoms with Gasteiger partial charge in [0.1, 0.15) is 0 Å². The van der Waals surface area contributed by atoms with Crippen LogP contribution in [-0.4, -0.2) is 12.2 Å². The summed E-state index contributed by atoms with van der Waals surface area (Å²) in [6.07, 6.45) is 8.08. The summed E-state index contributed by atoms with van der Waals surface area (Å²) in [5.74, 6) is 1.79. The van der Waals surface area contributed by atoms with E-state index in [-0.39, 0.29) is 5.60 Å². The first-order chi connectivity index (χ1) is 9.83. The van der Waals surface area contributed by atoms with Crippen molar-refractivity contribution in [3.63, 3.8) is 0 Å². The van der Waals surface area contributed by atoms with Gasteiger partial charge in [0.05, 0.1) is 5.60 Å². The van der Waals surface area contributed by atoms with Gasteiger partial charge in [-0.3, -0.25) is 0 Å². The highest BCUT2D eigenvalue weighted by atomic mass is 16.5. The van der Waals surface area contributed by atoms with Crippen LogP contribution in [0.2, 0.25) is 0 Å². The molecule has 0 atom stereocenters. The normalized spacial score (nSPS) is 12.5.